The Hall–Kier alpha value is -1.95. The summed E-state index contributed by atoms with van der Waals surface area (Å²) in [5.74, 6) is -0.161. The molecule has 2 rings (SSSR count). The number of hydrogen-bond donors (Lipinski definition) is 2. The number of nitrogens with zero attached hydrogens (tertiary/aromatic N) is 2. The van der Waals surface area contributed by atoms with E-state index in [0.29, 0.717) is 16.6 Å². The van der Waals surface area contributed by atoms with E-state index in [1.807, 2.05) is 12.1 Å². The van der Waals surface area contributed by atoms with Crippen LogP contribution in [0.2, 0.25) is 0 Å². The first-order valence-corrected chi connectivity index (χ1v) is 5.46. The van der Waals surface area contributed by atoms with Crippen molar-refractivity contribution in [1.29, 1.82) is 0 Å². The van der Waals surface area contributed by atoms with Gasteiger partial charge in [0.05, 0.1) is 6.20 Å². The summed E-state index contributed by atoms with van der Waals surface area (Å²) < 4.78 is 0. The molecule has 0 aliphatic heterocycles. The summed E-state index contributed by atoms with van der Waals surface area (Å²) >= 11 is 1.17. The minimum Gasteiger partial charge on any atom is -0.375 e. The second-order valence-corrected chi connectivity index (χ2v) is 4.16. The zero-order valence-corrected chi connectivity index (χ0v) is 9.20. The van der Waals surface area contributed by atoms with Crippen LogP contribution in [0.1, 0.15) is 15.2 Å². The van der Waals surface area contributed by atoms with Crippen molar-refractivity contribution in [3.8, 4) is 0 Å². The fraction of sp³-hybridized carbons (Fsp3) is 0.100. The number of carbonyl (C=O) groups excluding carboxylic acids is 1. The molecule has 0 aliphatic carbocycles. The Morgan fingerprint density at radius 2 is 2.19 bits per heavy atom. The number of nitrogens with two attached hydrogens (primary N) is 1. The highest BCUT2D eigenvalue weighted by Crippen LogP contribution is 2.13. The molecule has 1 amide bonds. The van der Waals surface area contributed by atoms with Crippen molar-refractivity contribution in [3.05, 3.63) is 41.2 Å². The Labute approximate surface area is 96.3 Å². The molecule has 2 aromatic rings. The number of nitrogen functional groups attached to an aromatic ring is 1. The predicted octanol–water partition coefficient (Wildman–Crippen LogP) is 1.05. The van der Waals surface area contributed by atoms with Crippen LogP contribution >= 0.6 is 11.3 Å². The number of hydrogen-bond acceptors (Lipinski definition) is 5. The molecule has 82 valence electrons. The van der Waals surface area contributed by atoms with Gasteiger partial charge in [-0.2, -0.15) is 0 Å². The summed E-state index contributed by atoms with van der Waals surface area (Å²) in [6.45, 7) is 0.471. The largest absolute Gasteiger partial charge is 0.375 e. The smallest absolute Gasteiger partial charge is 0.263 e. The molecular weight excluding hydrogens is 224 g/mol. The van der Waals surface area contributed by atoms with Crippen molar-refractivity contribution >= 4 is 22.4 Å². The van der Waals surface area contributed by atoms with Crippen LogP contribution in [0.3, 0.4) is 0 Å². The Bertz CT molecular complexity index is 483. The van der Waals surface area contributed by atoms with E-state index < -0.39 is 0 Å². The molecule has 16 heavy (non-hydrogen) atoms. The molecule has 0 bridgehead atoms. The van der Waals surface area contributed by atoms with Crippen LogP contribution in [-0.2, 0) is 6.54 Å². The Kier molecular flexibility index (Phi) is 3.11. The Morgan fingerprint density at radius 1 is 1.44 bits per heavy atom. The summed E-state index contributed by atoms with van der Waals surface area (Å²) in [5, 5.41) is 3.17. The highest BCUT2D eigenvalue weighted by atomic mass is 32.1. The van der Waals surface area contributed by atoms with Crippen molar-refractivity contribution < 1.29 is 4.79 Å². The van der Waals surface area contributed by atoms with Gasteiger partial charge in [-0.25, -0.2) is 4.98 Å². The minimum atomic E-state index is -0.161. The molecule has 0 saturated heterocycles. The van der Waals surface area contributed by atoms with Gasteiger partial charge in [-0.15, -0.1) is 0 Å². The molecular formula is C10H10N4OS. The van der Waals surface area contributed by atoms with Crippen LogP contribution in [0.5, 0.6) is 0 Å². The van der Waals surface area contributed by atoms with E-state index in [-0.39, 0.29) is 5.91 Å². The normalized spacial score (nSPS) is 10.0. The maximum absolute atomic E-state index is 11.6. The Balaban J connectivity index is 1.94. The standard InChI is InChI=1S/C10H10N4OS/c11-10-14-6-8(16-10)9(15)13-5-7-1-3-12-4-2-7/h1-4,6H,5H2,(H2,11,14)(H,13,15). The van der Waals surface area contributed by atoms with Gasteiger partial charge in [-0.1, -0.05) is 11.3 Å². The number of amides is 1. The maximum Gasteiger partial charge on any atom is 0.263 e. The number of anilines is 1. The molecule has 0 atom stereocenters. The highest BCUT2D eigenvalue weighted by molar-refractivity contribution is 7.17. The summed E-state index contributed by atoms with van der Waals surface area (Å²) in [6.07, 6.45) is 4.85. The molecule has 0 aliphatic rings. The molecule has 0 saturated carbocycles. The molecule has 0 unspecified atom stereocenters. The molecule has 3 N–H and O–H groups in total. The van der Waals surface area contributed by atoms with Crippen molar-refractivity contribution in [2.24, 2.45) is 0 Å². The third-order valence-electron chi connectivity index (χ3n) is 1.95. The topological polar surface area (TPSA) is 80.9 Å². The van der Waals surface area contributed by atoms with Gasteiger partial charge in [0.25, 0.3) is 5.91 Å². The van der Waals surface area contributed by atoms with E-state index in [4.69, 9.17) is 5.73 Å². The third-order valence-corrected chi connectivity index (χ3v) is 2.78. The monoisotopic (exact) mass is 234 g/mol. The summed E-state index contributed by atoms with van der Waals surface area (Å²) in [6, 6.07) is 3.70. The van der Waals surface area contributed by atoms with Gasteiger partial charge in [-0.3, -0.25) is 9.78 Å². The zero-order valence-electron chi connectivity index (χ0n) is 8.38. The molecule has 2 aromatic heterocycles. The number of aromatic nitrogens is 2. The second kappa shape index (κ2) is 4.71. The lowest BCUT2D eigenvalue weighted by Gasteiger charge is -2.02. The van der Waals surface area contributed by atoms with Gasteiger partial charge in [0.1, 0.15) is 4.88 Å². The number of thiazole rings is 1. The first-order chi connectivity index (χ1) is 7.75. The second-order valence-electron chi connectivity index (χ2n) is 3.10. The van der Waals surface area contributed by atoms with E-state index in [0.717, 1.165) is 5.56 Å². The maximum atomic E-state index is 11.6. The lowest BCUT2D eigenvalue weighted by molar-refractivity contribution is 0.0955. The fourth-order valence-corrected chi connectivity index (χ4v) is 1.76. The lowest BCUT2D eigenvalue weighted by Crippen LogP contribution is -2.21. The molecule has 0 aromatic carbocycles. The molecule has 0 fully saturated rings. The minimum absolute atomic E-state index is 0.161. The zero-order chi connectivity index (χ0) is 11.4. The van der Waals surface area contributed by atoms with E-state index in [9.17, 15) is 4.79 Å². The van der Waals surface area contributed by atoms with Gasteiger partial charge < -0.3 is 11.1 Å². The summed E-state index contributed by atoms with van der Waals surface area (Å²) in [5.41, 5.74) is 6.44. The van der Waals surface area contributed by atoms with Crippen molar-refractivity contribution in [2.75, 3.05) is 5.73 Å². The van der Waals surface area contributed by atoms with Crippen LogP contribution in [0.25, 0.3) is 0 Å². The SMILES string of the molecule is Nc1ncc(C(=O)NCc2ccncc2)s1. The number of carbonyl (C=O) groups is 1. The molecule has 6 heteroatoms. The first kappa shape index (κ1) is 10.6. The van der Waals surface area contributed by atoms with Crippen molar-refractivity contribution in [1.82, 2.24) is 15.3 Å². The van der Waals surface area contributed by atoms with Crippen LogP contribution in [0.4, 0.5) is 5.13 Å². The number of nitrogens with one attached hydrogen (secondary N) is 1. The molecule has 0 radical (unpaired) electrons. The van der Waals surface area contributed by atoms with Crippen LogP contribution < -0.4 is 11.1 Å². The highest BCUT2D eigenvalue weighted by Gasteiger charge is 2.08. The van der Waals surface area contributed by atoms with Crippen molar-refractivity contribution in [2.45, 2.75) is 6.54 Å². The average Bonchev–Trinajstić information content (AvgIpc) is 2.74. The predicted molar refractivity (Wildman–Crippen MR) is 61.9 cm³/mol. The van der Waals surface area contributed by atoms with Crippen LogP contribution in [0, 0.1) is 0 Å². The van der Waals surface area contributed by atoms with Gasteiger partial charge >= 0.3 is 0 Å². The molecule has 2 heterocycles. The van der Waals surface area contributed by atoms with Crippen LogP contribution in [-0.4, -0.2) is 15.9 Å². The van der Waals surface area contributed by atoms with Gasteiger partial charge in [0, 0.05) is 18.9 Å². The average molecular weight is 234 g/mol. The van der Waals surface area contributed by atoms with Crippen molar-refractivity contribution in [3.63, 3.8) is 0 Å². The third kappa shape index (κ3) is 2.54. The van der Waals surface area contributed by atoms with E-state index in [1.165, 1.54) is 17.5 Å². The van der Waals surface area contributed by atoms with E-state index in [2.05, 4.69) is 15.3 Å². The van der Waals surface area contributed by atoms with E-state index in [1.54, 1.807) is 12.4 Å². The quantitative estimate of drug-likeness (QED) is 0.831. The van der Waals surface area contributed by atoms with Crippen LogP contribution in [0.15, 0.2) is 30.7 Å². The van der Waals surface area contributed by atoms with Gasteiger partial charge in [0.15, 0.2) is 5.13 Å². The summed E-state index contributed by atoms with van der Waals surface area (Å²) in [4.78, 5) is 19.9. The molecule has 5 nitrogen and oxygen atoms in total. The Morgan fingerprint density at radius 3 is 2.81 bits per heavy atom. The lowest BCUT2D eigenvalue weighted by atomic mass is 10.3. The van der Waals surface area contributed by atoms with E-state index >= 15 is 0 Å². The van der Waals surface area contributed by atoms with Gasteiger partial charge in [-0.05, 0) is 17.7 Å². The number of rotatable bonds is 3. The summed E-state index contributed by atoms with van der Waals surface area (Å²) in [7, 11) is 0. The molecule has 0 spiro atoms. The fourth-order valence-electron chi connectivity index (χ4n) is 1.16. The number of pyridine rings is 1. The first-order valence-electron chi connectivity index (χ1n) is 4.64. The van der Waals surface area contributed by atoms with Gasteiger partial charge in [0.2, 0.25) is 0 Å².